The van der Waals surface area contributed by atoms with Crippen molar-refractivity contribution in [3.8, 4) is 0 Å². The number of halogens is 1. The van der Waals surface area contributed by atoms with Crippen LogP contribution in [0.5, 0.6) is 0 Å². The third kappa shape index (κ3) is 3.18. The molecule has 2 amide bonds. The molecular formula is C16H11BrN4O3. The van der Waals surface area contributed by atoms with Crippen LogP contribution < -0.4 is 16.3 Å². The van der Waals surface area contributed by atoms with Gasteiger partial charge in [-0.1, -0.05) is 12.1 Å². The summed E-state index contributed by atoms with van der Waals surface area (Å²) in [6.45, 7) is 0. The first-order valence-electron chi connectivity index (χ1n) is 6.88. The van der Waals surface area contributed by atoms with Gasteiger partial charge in [-0.05, 0) is 34.1 Å². The van der Waals surface area contributed by atoms with Gasteiger partial charge in [-0.15, -0.1) is 0 Å². The maximum Gasteiger partial charge on any atom is 0.275 e. The number of pyridine rings is 2. The number of hydrogen-bond donors (Lipinski definition) is 3. The summed E-state index contributed by atoms with van der Waals surface area (Å²) in [5.41, 5.74) is 4.85. The molecule has 3 rings (SSSR count). The summed E-state index contributed by atoms with van der Waals surface area (Å²) in [7, 11) is 0. The zero-order valence-corrected chi connectivity index (χ0v) is 13.8. The van der Waals surface area contributed by atoms with Crippen LogP contribution in [0, 0.1) is 0 Å². The summed E-state index contributed by atoms with van der Waals surface area (Å²) in [5.74, 6) is -1.26. The molecule has 8 heteroatoms. The molecule has 0 radical (unpaired) electrons. The minimum absolute atomic E-state index is 0.0960. The van der Waals surface area contributed by atoms with Gasteiger partial charge in [0.2, 0.25) is 5.43 Å². The van der Waals surface area contributed by atoms with E-state index < -0.39 is 17.2 Å². The van der Waals surface area contributed by atoms with Crippen LogP contribution in [-0.2, 0) is 0 Å². The van der Waals surface area contributed by atoms with E-state index in [0.29, 0.717) is 15.4 Å². The fraction of sp³-hybridized carbons (Fsp3) is 0. The molecule has 3 aromatic rings. The predicted octanol–water partition coefficient (Wildman–Crippen LogP) is 1.76. The van der Waals surface area contributed by atoms with Crippen molar-refractivity contribution in [2.75, 3.05) is 0 Å². The summed E-state index contributed by atoms with van der Waals surface area (Å²) in [5, 5.41) is 0.396. The molecule has 0 spiro atoms. The Labute approximate surface area is 144 Å². The van der Waals surface area contributed by atoms with Gasteiger partial charge >= 0.3 is 0 Å². The molecule has 0 unspecified atom stereocenters. The molecule has 0 bridgehead atoms. The van der Waals surface area contributed by atoms with Crippen LogP contribution in [0.15, 0.2) is 58.2 Å². The number of nitrogens with one attached hydrogen (secondary N) is 3. The lowest BCUT2D eigenvalue weighted by Crippen LogP contribution is -2.43. The zero-order chi connectivity index (χ0) is 17.1. The van der Waals surface area contributed by atoms with Gasteiger partial charge in [0.05, 0.1) is 5.56 Å². The predicted molar refractivity (Wildman–Crippen MR) is 91.4 cm³/mol. The Morgan fingerprint density at radius 3 is 2.62 bits per heavy atom. The second-order valence-corrected chi connectivity index (χ2v) is 5.79. The third-order valence-corrected chi connectivity index (χ3v) is 3.72. The molecule has 0 aliphatic rings. The van der Waals surface area contributed by atoms with Crippen molar-refractivity contribution in [3.05, 3.63) is 74.7 Å². The average Bonchev–Trinajstić information content (AvgIpc) is 2.60. The lowest BCUT2D eigenvalue weighted by atomic mass is 10.1. The molecule has 120 valence electrons. The lowest BCUT2D eigenvalue weighted by molar-refractivity contribution is 0.0845. The summed E-state index contributed by atoms with van der Waals surface area (Å²) in [6, 6.07) is 8.40. The van der Waals surface area contributed by atoms with Gasteiger partial charge in [0.25, 0.3) is 11.8 Å². The largest absolute Gasteiger partial charge is 0.360 e. The van der Waals surface area contributed by atoms with Crippen molar-refractivity contribution < 1.29 is 9.59 Å². The van der Waals surface area contributed by atoms with Crippen LogP contribution in [0.2, 0.25) is 0 Å². The maximum atomic E-state index is 12.3. The Bertz CT molecular complexity index is 1000. The topological polar surface area (TPSA) is 104 Å². The van der Waals surface area contributed by atoms with Crippen molar-refractivity contribution in [1.29, 1.82) is 0 Å². The summed E-state index contributed by atoms with van der Waals surface area (Å²) in [6.07, 6.45) is 4.20. The van der Waals surface area contributed by atoms with E-state index in [-0.39, 0.29) is 11.1 Å². The molecule has 0 saturated carbocycles. The van der Waals surface area contributed by atoms with Crippen LogP contribution in [0.1, 0.15) is 20.7 Å². The standard InChI is InChI=1S/C16H11BrN4O3/c17-10-5-9(6-18-7-10)15(23)20-21-16(24)12-8-19-13-4-2-1-3-11(13)14(12)22/h1-8H,(H,19,22)(H,20,23)(H,21,24). The van der Waals surface area contributed by atoms with Crippen molar-refractivity contribution >= 4 is 38.6 Å². The highest BCUT2D eigenvalue weighted by Crippen LogP contribution is 2.09. The first kappa shape index (κ1) is 15.9. The molecule has 2 heterocycles. The number of carbonyl (C=O) groups is 2. The number of amides is 2. The molecule has 0 aliphatic heterocycles. The molecule has 0 fully saturated rings. The molecular weight excluding hydrogens is 376 g/mol. The molecule has 0 aliphatic carbocycles. The smallest absolute Gasteiger partial charge is 0.275 e. The van der Waals surface area contributed by atoms with Crippen LogP contribution in [0.3, 0.4) is 0 Å². The SMILES string of the molecule is O=C(NNC(=O)c1c[nH]c2ccccc2c1=O)c1cncc(Br)c1. The molecule has 7 nitrogen and oxygen atoms in total. The monoisotopic (exact) mass is 386 g/mol. The van der Waals surface area contributed by atoms with E-state index in [1.807, 2.05) is 0 Å². The Morgan fingerprint density at radius 1 is 1.08 bits per heavy atom. The fourth-order valence-electron chi connectivity index (χ4n) is 2.13. The highest BCUT2D eigenvalue weighted by atomic mass is 79.9. The Morgan fingerprint density at radius 2 is 1.83 bits per heavy atom. The van der Waals surface area contributed by atoms with Gasteiger partial charge in [-0.2, -0.15) is 0 Å². The van der Waals surface area contributed by atoms with E-state index in [2.05, 4.69) is 36.7 Å². The van der Waals surface area contributed by atoms with Gasteiger partial charge in [0.15, 0.2) is 0 Å². The number of hydrogen-bond acceptors (Lipinski definition) is 4. The van der Waals surface area contributed by atoms with Crippen LogP contribution in [0.25, 0.3) is 10.9 Å². The van der Waals surface area contributed by atoms with Gasteiger partial charge in [-0.3, -0.25) is 30.2 Å². The van der Waals surface area contributed by atoms with E-state index in [1.165, 1.54) is 18.6 Å². The second kappa shape index (κ2) is 6.63. The molecule has 0 saturated heterocycles. The van der Waals surface area contributed by atoms with E-state index in [9.17, 15) is 14.4 Å². The first-order valence-corrected chi connectivity index (χ1v) is 7.67. The quantitative estimate of drug-likeness (QED) is 0.583. The minimum Gasteiger partial charge on any atom is -0.360 e. The average molecular weight is 387 g/mol. The summed E-state index contributed by atoms with van der Waals surface area (Å²) < 4.78 is 0.632. The van der Waals surface area contributed by atoms with Gasteiger partial charge in [0.1, 0.15) is 5.56 Å². The number of benzene rings is 1. The normalized spacial score (nSPS) is 10.4. The number of carbonyl (C=O) groups excluding carboxylic acids is 2. The van der Waals surface area contributed by atoms with Crippen molar-refractivity contribution in [3.63, 3.8) is 0 Å². The number of hydrazine groups is 1. The molecule has 2 aromatic heterocycles. The Kier molecular flexibility index (Phi) is 4.39. The third-order valence-electron chi connectivity index (χ3n) is 3.29. The number of aromatic amines is 1. The number of para-hydroxylation sites is 1. The summed E-state index contributed by atoms with van der Waals surface area (Å²) >= 11 is 3.20. The van der Waals surface area contributed by atoms with E-state index >= 15 is 0 Å². The molecule has 1 aromatic carbocycles. The lowest BCUT2D eigenvalue weighted by Gasteiger charge is -2.07. The van der Waals surface area contributed by atoms with Crippen molar-refractivity contribution in [1.82, 2.24) is 20.8 Å². The van der Waals surface area contributed by atoms with Crippen LogP contribution >= 0.6 is 15.9 Å². The number of rotatable bonds is 2. The summed E-state index contributed by atoms with van der Waals surface area (Å²) in [4.78, 5) is 43.2. The van der Waals surface area contributed by atoms with E-state index in [0.717, 1.165) is 0 Å². The van der Waals surface area contributed by atoms with Crippen molar-refractivity contribution in [2.24, 2.45) is 0 Å². The molecule has 24 heavy (non-hydrogen) atoms. The highest BCUT2D eigenvalue weighted by Gasteiger charge is 2.14. The number of fused-ring (bicyclic) bond motifs is 1. The number of aromatic nitrogens is 2. The molecule has 0 atom stereocenters. The van der Waals surface area contributed by atoms with Gasteiger partial charge < -0.3 is 4.98 Å². The number of H-pyrrole nitrogens is 1. The maximum absolute atomic E-state index is 12.3. The van der Waals surface area contributed by atoms with Crippen LogP contribution in [0.4, 0.5) is 0 Å². The Hall–Kier alpha value is -3.00. The van der Waals surface area contributed by atoms with Crippen LogP contribution in [-0.4, -0.2) is 21.8 Å². The van der Waals surface area contributed by atoms with Gasteiger partial charge in [0, 0.05) is 34.0 Å². The minimum atomic E-state index is -0.710. The highest BCUT2D eigenvalue weighted by molar-refractivity contribution is 9.10. The number of nitrogens with zero attached hydrogens (tertiary/aromatic N) is 1. The fourth-order valence-corrected chi connectivity index (χ4v) is 2.49. The van der Waals surface area contributed by atoms with Gasteiger partial charge in [-0.25, -0.2) is 0 Å². The van der Waals surface area contributed by atoms with E-state index in [4.69, 9.17) is 0 Å². The second-order valence-electron chi connectivity index (χ2n) is 4.88. The van der Waals surface area contributed by atoms with Crippen molar-refractivity contribution in [2.45, 2.75) is 0 Å². The molecule has 3 N–H and O–H groups in total. The van der Waals surface area contributed by atoms with E-state index in [1.54, 1.807) is 30.3 Å². The zero-order valence-electron chi connectivity index (χ0n) is 12.2. The Balaban J connectivity index is 1.77. The first-order chi connectivity index (χ1) is 11.6.